The number of benzene rings is 1. The average Bonchev–Trinajstić information content (AvgIpc) is 3.13. The van der Waals surface area contributed by atoms with Gasteiger partial charge in [0.15, 0.2) is 0 Å². The van der Waals surface area contributed by atoms with E-state index >= 15 is 0 Å². The number of fused-ring (bicyclic) bond motifs is 1. The number of methoxy groups -OCH3 is 3. The molecule has 29 heavy (non-hydrogen) atoms. The lowest BCUT2D eigenvalue weighted by Crippen LogP contribution is -2.49. The van der Waals surface area contributed by atoms with E-state index in [9.17, 15) is 14.4 Å². The summed E-state index contributed by atoms with van der Waals surface area (Å²) in [5, 5.41) is 2.98. The van der Waals surface area contributed by atoms with Gasteiger partial charge in [0, 0.05) is 32.7 Å². The van der Waals surface area contributed by atoms with Gasteiger partial charge in [-0.15, -0.1) is 0 Å². The summed E-state index contributed by atoms with van der Waals surface area (Å²) in [5.74, 6) is 0.307. The monoisotopic (exact) mass is 404 g/mol. The third kappa shape index (κ3) is 4.53. The maximum Gasteiger partial charge on any atom is 0.338 e. The maximum absolute atomic E-state index is 13.1. The largest absolute Gasteiger partial charge is 0.497 e. The zero-order chi connectivity index (χ0) is 21.1. The lowest BCUT2D eigenvalue weighted by Gasteiger charge is -2.37. The minimum absolute atomic E-state index is 0.0449. The Kier molecular flexibility index (Phi) is 6.42. The van der Waals surface area contributed by atoms with Gasteiger partial charge in [0.25, 0.3) is 5.91 Å². The molecular formula is C21H28N2O6. The van der Waals surface area contributed by atoms with Gasteiger partial charge in [0.05, 0.1) is 31.9 Å². The van der Waals surface area contributed by atoms with Crippen LogP contribution in [-0.2, 0) is 14.3 Å². The first-order valence-electron chi connectivity index (χ1n) is 9.72. The molecule has 2 aliphatic rings. The van der Waals surface area contributed by atoms with Crippen LogP contribution < -0.4 is 10.1 Å². The van der Waals surface area contributed by atoms with Gasteiger partial charge in [0.2, 0.25) is 5.91 Å². The number of hydrogen-bond donors (Lipinski definition) is 1. The van der Waals surface area contributed by atoms with Crippen LogP contribution in [0.5, 0.6) is 5.75 Å². The minimum Gasteiger partial charge on any atom is -0.497 e. The Labute approximate surface area is 170 Å². The molecule has 158 valence electrons. The molecule has 2 fully saturated rings. The van der Waals surface area contributed by atoms with Gasteiger partial charge in [-0.2, -0.15) is 0 Å². The topological polar surface area (TPSA) is 94.2 Å². The van der Waals surface area contributed by atoms with Crippen molar-refractivity contribution in [2.45, 2.75) is 31.9 Å². The van der Waals surface area contributed by atoms with E-state index in [0.29, 0.717) is 36.2 Å². The number of hydrogen-bond acceptors (Lipinski definition) is 6. The molecule has 1 aromatic carbocycles. The summed E-state index contributed by atoms with van der Waals surface area (Å²) in [5.41, 5.74) is 0.669. The quantitative estimate of drug-likeness (QED) is 0.747. The molecule has 1 saturated heterocycles. The molecule has 8 nitrogen and oxygen atoms in total. The van der Waals surface area contributed by atoms with Crippen molar-refractivity contribution >= 4 is 17.8 Å². The molecule has 0 spiro atoms. The Hall–Kier alpha value is -2.61. The SMILES string of the molecule is COC(=O)c1cc(OC)cc(C(=O)N2C[C@H]3C[C@@H](NC(C)=O)[C@H](OC)C[C@H]3C2)c1. The molecule has 1 aliphatic carbocycles. The van der Waals surface area contributed by atoms with Crippen molar-refractivity contribution in [1.29, 1.82) is 0 Å². The molecule has 1 aliphatic heterocycles. The van der Waals surface area contributed by atoms with E-state index in [0.717, 1.165) is 12.8 Å². The second kappa shape index (κ2) is 8.82. The van der Waals surface area contributed by atoms with E-state index in [1.54, 1.807) is 19.2 Å². The summed E-state index contributed by atoms with van der Waals surface area (Å²) in [6.45, 7) is 2.74. The number of amides is 2. The highest BCUT2D eigenvalue weighted by molar-refractivity contribution is 5.98. The van der Waals surface area contributed by atoms with E-state index in [4.69, 9.17) is 14.2 Å². The lowest BCUT2D eigenvalue weighted by atomic mass is 9.77. The summed E-state index contributed by atoms with van der Waals surface area (Å²) in [7, 11) is 4.44. The van der Waals surface area contributed by atoms with Gasteiger partial charge < -0.3 is 24.4 Å². The predicted octanol–water partition coefficient (Wildman–Crippen LogP) is 1.48. The van der Waals surface area contributed by atoms with Crippen LogP contribution in [0.2, 0.25) is 0 Å². The van der Waals surface area contributed by atoms with Crippen LogP contribution >= 0.6 is 0 Å². The fraction of sp³-hybridized carbons (Fsp3) is 0.571. The second-order valence-corrected chi connectivity index (χ2v) is 7.72. The standard InChI is InChI=1S/C21H28N2O6/c1-12(24)22-18-8-15-10-23(11-16(15)9-19(18)28-3)20(25)13-5-14(21(26)29-4)7-17(6-13)27-2/h5-7,15-16,18-19H,8-11H2,1-4H3,(H,22,24)/t15-,16+,18-,19-/m1/s1. The Morgan fingerprint density at radius 3 is 2.24 bits per heavy atom. The van der Waals surface area contributed by atoms with Crippen molar-refractivity contribution in [2.24, 2.45) is 11.8 Å². The van der Waals surface area contributed by atoms with Crippen LogP contribution in [0, 0.1) is 11.8 Å². The molecule has 0 unspecified atom stereocenters. The Morgan fingerprint density at radius 1 is 1.00 bits per heavy atom. The van der Waals surface area contributed by atoms with Crippen molar-refractivity contribution in [3.05, 3.63) is 29.3 Å². The number of carbonyl (C=O) groups excluding carboxylic acids is 3. The van der Waals surface area contributed by atoms with Crippen LogP contribution in [-0.4, -0.2) is 69.2 Å². The van der Waals surface area contributed by atoms with E-state index in [-0.39, 0.29) is 29.5 Å². The first-order chi connectivity index (χ1) is 13.9. The smallest absolute Gasteiger partial charge is 0.338 e. The van der Waals surface area contributed by atoms with Gasteiger partial charge in [0.1, 0.15) is 5.75 Å². The van der Waals surface area contributed by atoms with Crippen molar-refractivity contribution in [2.75, 3.05) is 34.4 Å². The Bertz CT molecular complexity index is 795. The first-order valence-corrected chi connectivity index (χ1v) is 9.72. The van der Waals surface area contributed by atoms with Gasteiger partial charge in [-0.1, -0.05) is 0 Å². The number of rotatable bonds is 5. The molecule has 1 aromatic rings. The second-order valence-electron chi connectivity index (χ2n) is 7.72. The third-order valence-electron chi connectivity index (χ3n) is 5.91. The number of esters is 1. The third-order valence-corrected chi connectivity index (χ3v) is 5.91. The van der Waals surface area contributed by atoms with E-state index < -0.39 is 5.97 Å². The van der Waals surface area contributed by atoms with Crippen LogP contribution in [0.15, 0.2) is 18.2 Å². The molecule has 1 saturated carbocycles. The molecule has 3 rings (SSSR count). The molecular weight excluding hydrogens is 376 g/mol. The Balaban J connectivity index is 1.77. The van der Waals surface area contributed by atoms with Crippen molar-refractivity contribution < 1.29 is 28.6 Å². The summed E-state index contributed by atoms with van der Waals surface area (Å²) < 4.78 is 15.6. The number of likely N-dealkylation sites (tertiary alicyclic amines) is 1. The summed E-state index contributed by atoms with van der Waals surface area (Å²) in [6, 6.07) is 4.68. The van der Waals surface area contributed by atoms with Gasteiger partial charge in [-0.05, 0) is 42.9 Å². The molecule has 4 atom stereocenters. The molecule has 0 aromatic heterocycles. The molecule has 1 N–H and O–H groups in total. The number of carbonyl (C=O) groups is 3. The van der Waals surface area contributed by atoms with Gasteiger partial charge in [-0.25, -0.2) is 4.79 Å². The van der Waals surface area contributed by atoms with Crippen LogP contribution in [0.1, 0.15) is 40.5 Å². The maximum atomic E-state index is 13.1. The fourth-order valence-electron chi connectivity index (χ4n) is 4.51. The lowest BCUT2D eigenvalue weighted by molar-refractivity contribution is -0.121. The van der Waals surface area contributed by atoms with Gasteiger partial charge >= 0.3 is 5.97 Å². The summed E-state index contributed by atoms with van der Waals surface area (Å²) >= 11 is 0. The van der Waals surface area contributed by atoms with Crippen molar-refractivity contribution in [3.63, 3.8) is 0 Å². The molecule has 0 bridgehead atoms. The number of nitrogens with one attached hydrogen (secondary N) is 1. The van der Waals surface area contributed by atoms with Crippen LogP contribution in [0.3, 0.4) is 0 Å². The Morgan fingerprint density at radius 2 is 1.66 bits per heavy atom. The molecule has 2 amide bonds. The van der Waals surface area contributed by atoms with E-state index in [2.05, 4.69) is 5.32 Å². The van der Waals surface area contributed by atoms with Crippen molar-refractivity contribution in [1.82, 2.24) is 10.2 Å². The molecule has 1 heterocycles. The highest BCUT2D eigenvalue weighted by Gasteiger charge is 2.44. The zero-order valence-electron chi connectivity index (χ0n) is 17.3. The normalized spacial score (nSPS) is 25.9. The number of ether oxygens (including phenoxy) is 3. The first kappa shape index (κ1) is 21.1. The molecule has 0 radical (unpaired) electrons. The van der Waals surface area contributed by atoms with Crippen molar-refractivity contribution in [3.8, 4) is 5.75 Å². The minimum atomic E-state index is -0.519. The fourth-order valence-corrected chi connectivity index (χ4v) is 4.51. The predicted molar refractivity (Wildman–Crippen MR) is 105 cm³/mol. The average molecular weight is 404 g/mol. The van der Waals surface area contributed by atoms with Gasteiger partial charge in [-0.3, -0.25) is 9.59 Å². The highest BCUT2D eigenvalue weighted by atomic mass is 16.5. The highest BCUT2D eigenvalue weighted by Crippen LogP contribution is 2.38. The zero-order valence-corrected chi connectivity index (χ0v) is 17.3. The van der Waals surface area contributed by atoms with E-state index in [1.165, 1.54) is 27.2 Å². The summed E-state index contributed by atoms with van der Waals surface area (Å²) in [4.78, 5) is 38.4. The number of nitrogens with zero attached hydrogens (tertiary/aromatic N) is 1. The summed E-state index contributed by atoms with van der Waals surface area (Å²) in [6.07, 6.45) is 1.51. The van der Waals surface area contributed by atoms with Crippen LogP contribution in [0.25, 0.3) is 0 Å². The van der Waals surface area contributed by atoms with E-state index in [1.807, 2.05) is 4.90 Å². The van der Waals surface area contributed by atoms with Crippen LogP contribution in [0.4, 0.5) is 0 Å². The molecule has 8 heteroatoms.